The van der Waals surface area contributed by atoms with Crippen LogP contribution in [0.5, 0.6) is 0 Å². The van der Waals surface area contributed by atoms with Crippen molar-refractivity contribution in [2.45, 2.75) is 18.6 Å². The fourth-order valence-electron chi connectivity index (χ4n) is 3.91. The van der Waals surface area contributed by atoms with Gasteiger partial charge < -0.3 is 5.32 Å². The number of halogens is 4. The Morgan fingerprint density at radius 1 is 1.00 bits per heavy atom. The number of likely N-dealkylation sites (tertiary alicyclic amines) is 1. The van der Waals surface area contributed by atoms with E-state index in [0.717, 1.165) is 11.6 Å². The molecule has 0 saturated carbocycles. The number of hydrogen-bond acceptors (Lipinski definition) is 2. The predicted molar refractivity (Wildman–Crippen MR) is 95.3 cm³/mol. The zero-order chi connectivity index (χ0) is 17.6. The maximum atomic E-state index is 13.2. The number of benzene rings is 2. The van der Waals surface area contributed by atoms with Crippen molar-refractivity contribution in [3.8, 4) is 0 Å². The zero-order valence-electron chi connectivity index (χ0n) is 13.8. The minimum Gasteiger partial charge on any atom is -0.325 e. The predicted octanol–water partition coefficient (Wildman–Crippen LogP) is 4.29. The van der Waals surface area contributed by atoms with Gasteiger partial charge in [0.1, 0.15) is 0 Å². The number of amides is 1. The number of hydrogen-bond donors (Lipinski definition) is 1. The van der Waals surface area contributed by atoms with Crippen molar-refractivity contribution < 1.29 is 18.0 Å². The summed E-state index contributed by atoms with van der Waals surface area (Å²) in [6, 6.07) is 14.0. The first-order valence-corrected chi connectivity index (χ1v) is 8.21. The molecule has 0 aliphatic carbocycles. The van der Waals surface area contributed by atoms with Crippen LogP contribution < -0.4 is 5.32 Å². The van der Waals surface area contributed by atoms with Gasteiger partial charge in [-0.1, -0.05) is 42.5 Å². The number of fused-ring (bicyclic) bond motifs is 3. The van der Waals surface area contributed by atoms with E-state index in [1.165, 1.54) is 6.07 Å². The first kappa shape index (κ1) is 18.7. The lowest BCUT2D eigenvalue weighted by atomic mass is 9.83. The van der Waals surface area contributed by atoms with E-state index in [9.17, 15) is 18.0 Å². The molecule has 2 atom stereocenters. The average molecular weight is 383 g/mol. The highest BCUT2D eigenvalue weighted by Crippen LogP contribution is 2.46. The third kappa shape index (κ3) is 3.31. The summed E-state index contributed by atoms with van der Waals surface area (Å²) in [6.07, 6.45) is -4.48. The van der Waals surface area contributed by atoms with Crippen LogP contribution in [-0.2, 0) is 17.5 Å². The van der Waals surface area contributed by atoms with E-state index in [1.54, 1.807) is 6.07 Å². The molecule has 0 spiro atoms. The van der Waals surface area contributed by atoms with Gasteiger partial charge in [-0.25, -0.2) is 0 Å². The second-order valence-corrected chi connectivity index (χ2v) is 6.65. The quantitative estimate of drug-likeness (QED) is 0.840. The molecule has 0 bridgehead atoms. The lowest BCUT2D eigenvalue weighted by Gasteiger charge is -2.29. The lowest BCUT2D eigenvalue weighted by Crippen LogP contribution is -2.34. The van der Waals surface area contributed by atoms with Gasteiger partial charge in [-0.2, -0.15) is 13.2 Å². The van der Waals surface area contributed by atoms with Crippen molar-refractivity contribution in [2.75, 3.05) is 18.4 Å². The van der Waals surface area contributed by atoms with Crippen LogP contribution in [0.15, 0.2) is 48.5 Å². The van der Waals surface area contributed by atoms with E-state index < -0.39 is 11.7 Å². The number of anilines is 1. The molecule has 2 aliphatic heterocycles. The van der Waals surface area contributed by atoms with Gasteiger partial charge in [0.2, 0.25) is 5.91 Å². The van der Waals surface area contributed by atoms with E-state index in [2.05, 4.69) is 10.2 Å². The normalized spacial score (nSPS) is 22.2. The van der Waals surface area contributed by atoms with Gasteiger partial charge >= 0.3 is 6.18 Å². The van der Waals surface area contributed by atoms with Gasteiger partial charge in [-0.3, -0.25) is 9.69 Å². The minimum absolute atomic E-state index is 0. The molecule has 2 aromatic carbocycles. The van der Waals surface area contributed by atoms with Crippen LogP contribution >= 0.6 is 12.4 Å². The molecule has 1 saturated heterocycles. The molecule has 2 aliphatic rings. The molecular weight excluding hydrogens is 365 g/mol. The van der Waals surface area contributed by atoms with Crippen molar-refractivity contribution in [3.63, 3.8) is 0 Å². The summed E-state index contributed by atoms with van der Waals surface area (Å²) >= 11 is 0. The molecule has 2 aromatic rings. The zero-order valence-corrected chi connectivity index (χ0v) is 14.6. The number of carbonyl (C=O) groups excluding carboxylic acids is 1. The minimum atomic E-state index is -4.48. The topological polar surface area (TPSA) is 32.3 Å². The highest BCUT2D eigenvalue weighted by atomic mass is 35.5. The smallest absolute Gasteiger partial charge is 0.325 e. The molecular formula is C19H18ClF3N2O. The first-order valence-electron chi connectivity index (χ1n) is 8.21. The summed E-state index contributed by atoms with van der Waals surface area (Å²) in [5, 5.41) is 2.51. The van der Waals surface area contributed by atoms with Gasteiger partial charge in [0, 0.05) is 25.6 Å². The number of para-hydroxylation sites is 1. The molecule has 2 heterocycles. The van der Waals surface area contributed by atoms with E-state index >= 15 is 0 Å². The largest absolute Gasteiger partial charge is 0.418 e. The summed E-state index contributed by atoms with van der Waals surface area (Å²) in [4.78, 5) is 14.5. The summed E-state index contributed by atoms with van der Waals surface area (Å²) in [6.45, 7) is 1.83. The summed E-state index contributed by atoms with van der Waals surface area (Å²) in [5.74, 6) is -0.820. The standard InChI is InChI=1S/C19H17F3N2O.ClH/c20-19(21,22)16-8-4-7-13-14-10-24(9-12-5-2-1-3-6-12)11-15(14)18(25)23-17(13)16;/h1-8,14-15H,9-11H2,(H,23,25);1H. The Morgan fingerprint density at radius 2 is 1.69 bits per heavy atom. The number of carbonyl (C=O) groups is 1. The van der Waals surface area contributed by atoms with Crippen molar-refractivity contribution in [2.24, 2.45) is 5.92 Å². The Hall–Kier alpha value is -2.05. The van der Waals surface area contributed by atoms with Crippen LogP contribution in [0.3, 0.4) is 0 Å². The average Bonchev–Trinajstić information content (AvgIpc) is 2.99. The van der Waals surface area contributed by atoms with Gasteiger partial charge in [-0.15, -0.1) is 12.4 Å². The highest BCUT2D eigenvalue weighted by Gasteiger charge is 2.45. The van der Waals surface area contributed by atoms with Crippen LogP contribution in [0.1, 0.15) is 22.6 Å². The van der Waals surface area contributed by atoms with Crippen molar-refractivity contribution in [3.05, 3.63) is 65.2 Å². The fraction of sp³-hybridized carbons (Fsp3) is 0.316. The Labute approximate surface area is 155 Å². The van der Waals surface area contributed by atoms with E-state index in [4.69, 9.17) is 0 Å². The molecule has 0 radical (unpaired) electrons. The van der Waals surface area contributed by atoms with Crippen LogP contribution in [-0.4, -0.2) is 23.9 Å². The highest BCUT2D eigenvalue weighted by molar-refractivity contribution is 5.98. The van der Waals surface area contributed by atoms with Gasteiger partial charge in [0.15, 0.2) is 0 Å². The van der Waals surface area contributed by atoms with E-state index in [1.807, 2.05) is 30.3 Å². The number of rotatable bonds is 2. The molecule has 0 aromatic heterocycles. The third-order valence-corrected chi connectivity index (χ3v) is 5.03. The Morgan fingerprint density at radius 3 is 2.38 bits per heavy atom. The molecule has 4 rings (SSSR count). The Kier molecular flexibility index (Phi) is 4.99. The SMILES string of the molecule is Cl.O=C1Nc2c(cccc2C(F)(F)F)C2CN(Cc3ccccc3)CC12. The fourth-order valence-corrected chi connectivity index (χ4v) is 3.91. The molecule has 1 N–H and O–H groups in total. The van der Waals surface area contributed by atoms with Gasteiger partial charge in [-0.05, 0) is 17.2 Å². The number of nitrogens with one attached hydrogen (secondary N) is 1. The molecule has 7 heteroatoms. The molecule has 26 heavy (non-hydrogen) atoms. The Bertz CT molecular complexity index is 810. The molecule has 3 nitrogen and oxygen atoms in total. The van der Waals surface area contributed by atoms with E-state index in [0.29, 0.717) is 25.2 Å². The van der Waals surface area contributed by atoms with Gasteiger partial charge in [0.25, 0.3) is 0 Å². The van der Waals surface area contributed by atoms with Crippen molar-refractivity contribution in [1.82, 2.24) is 4.90 Å². The van der Waals surface area contributed by atoms with Crippen LogP contribution in [0.2, 0.25) is 0 Å². The third-order valence-electron chi connectivity index (χ3n) is 5.03. The summed E-state index contributed by atoms with van der Waals surface area (Å²) in [5.41, 5.74) is 0.891. The van der Waals surface area contributed by atoms with Crippen LogP contribution in [0.4, 0.5) is 18.9 Å². The summed E-state index contributed by atoms with van der Waals surface area (Å²) in [7, 11) is 0. The summed E-state index contributed by atoms with van der Waals surface area (Å²) < 4.78 is 39.7. The van der Waals surface area contributed by atoms with Crippen molar-refractivity contribution >= 4 is 24.0 Å². The maximum absolute atomic E-state index is 13.2. The number of alkyl halides is 3. The molecule has 2 unspecified atom stereocenters. The molecule has 1 amide bonds. The van der Waals surface area contributed by atoms with Crippen LogP contribution in [0, 0.1) is 5.92 Å². The molecule has 138 valence electrons. The maximum Gasteiger partial charge on any atom is 0.418 e. The van der Waals surface area contributed by atoms with E-state index in [-0.39, 0.29) is 35.8 Å². The first-order chi connectivity index (χ1) is 11.9. The van der Waals surface area contributed by atoms with Crippen molar-refractivity contribution in [1.29, 1.82) is 0 Å². The Balaban J connectivity index is 0.00000196. The second kappa shape index (κ2) is 6.93. The second-order valence-electron chi connectivity index (χ2n) is 6.65. The number of nitrogens with zero attached hydrogens (tertiary/aromatic N) is 1. The lowest BCUT2D eigenvalue weighted by molar-refractivity contribution is -0.137. The van der Waals surface area contributed by atoms with Gasteiger partial charge in [0.05, 0.1) is 17.2 Å². The van der Waals surface area contributed by atoms with Crippen LogP contribution in [0.25, 0.3) is 0 Å². The molecule has 1 fully saturated rings. The monoisotopic (exact) mass is 382 g/mol.